The van der Waals surface area contributed by atoms with E-state index in [2.05, 4.69) is 5.32 Å². The molecule has 1 aromatic rings. The number of benzene rings is 1. The molecule has 1 heterocycles. The Morgan fingerprint density at radius 3 is 2.46 bits per heavy atom. The number of rotatable bonds is 7. The largest absolute Gasteiger partial charge is 0.444 e. The lowest BCUT2D eigenvalue weighted by Gasteiger charge is -2.26. The molecular weight excluding hydrogens is 366 g/mol. The van der Waals surface area contributed by atoms with Crippen molar-refractivity contribution in [3.8, 4) is 0 Å². The Balaban J connectivity index is 2.29. The summed E-state index contributed by atoms with van der Waals surface area (Å²) >= 11 is 0. The first kappa shape index (κ1) is 20.6. The van der Waals surface area contributed by atoms with E-state index >= 15 is 0 Å². The minimum absolute atomic E-state index is 0.0364. The first-order chi connectivity index (χ1) is 12.0. The zero-order chi connectivity index (χ0) is 19.6. The quantitative estimate of drug-likeness (QED) is 0.777. The molecule has 1 N–H and O–H groups in total. The lowest BCUT2D eigenvalue weighted by molar-refractivity contribution is 0.127. The Morgan fingerprint density at radius 1 is 1.31 bits per heavy atom. The maximum atomic E-state index is 14.6. The summed E-state index contributed by atoms with van der Waals surface area (Å²) in [6.07, 6.45) is 0.420. The van der Waals surface area contributed by atoms with Gasteiger partial charge in [0, 0.05) is 24.1 Å². The van der Waals surface area contributed by atoms with Gasteiger partial charge in [-0.1, -0.05) is 13.8 Å². The van der Waals surface area contributed by atoms with Gasteiger partial charge in [0.2, 0.25) is 10.0 Å². The molecule has 0 bridgehead atoms. The van der Waals surface area contributed by atoms with Crippen LogP contribution in [0.25, 0.3) is 0 Å². The van der Waals surface area contributed by atoms with E-state index in [1.165, 1.54) is 0 Å². The molecule has 0 spiro atoms. The van der Waals surface area contributed by atoms with E-state index in [1.807, 2.05) is 6.92 Å². The number of alkyl carbamates (subject to hydrolysis) is 1. The number of nitrogens with zero attached hydrogens (tertiary/aromatic N) is 1. The third kappa shape index (κ3) is 4.50. The van der Waals surface area contributed by atoms with E-state index in [1.54, 1.807) is 13.8 Å². The summed E-state index contributed by atoms with van der Waals surface area (Å²) in [5.74, 6) is -1.89. The highest BCUT2D eigenvalue weighted by Crippen LogP contribution is 2.29. The Morgan fingerprint density at radius 2 is 1.96 bits per heavy atom. The zero-order valence-corrected chi connectivity index (χ0v) is 16.1. The van der Waals surface area contributed by atoms with Crippen LogP contribution >= 0.6 is 0 Å². The van der Waals surface area contributed by atoms with Crippen LogP contribution in [0.1, 0.15) is 44.2 Å². The van der Waals surface area contributed by atoms with Gasteiger partial charge in [-0.15, -0.1) is 0 Å². The number of halogens is 2. The second-order valence-electron chi connectivity index (χ2n) is 6.64. The fourth-order valence-electron chi connectivity index (χ4n) is 2.93. The first-order valence-electron chi connectivity index (χ1n) is 8.43. The van der Waals surface area contributed by atoms with Gasteiger partial charge in [-0.3, -0.25) is 0 Å². The third-order valence-electron chi connectivity index (χ3n) is 4.75. The minimum atomic E-state index is -3.57. The molecule has 0 aromatic heterocycles. The molecule has 1 saturated heterocycles. The molecule has 1 amide bonds. The highest BCUT2D eigenvalue weighted by atomic mass is 32.2. The van der Waals surface area contributed by atoms with Gasteiger partial charge < -0.3 is 10.1 Å². The summed E-state index contributed by atoms with van der Waals surface area (Å²) < 4.78 is 59.2. The van der Waals surface area contributed by atoms with Crippen LogP contribution in [0, 0.1) is 11.6 Å². The van der Waals surface area contributed by atoms with E-state index < -0.39 is 39.8 Å². The van der Waals surface area contributed by atoms with E-state index in [0.717, 1.165) is 22.7 Å². The molecule has 2 rings (SSSR count). The fourth-order valence-corrected chi connectivity index (χ4v) is 4.11. The first-order valence-corrected chi connectivity index (χ1v) is 10.3. The van der Waals surface area contributed by atoms with Crippen molar-refractivity contribution < 1.29 is 26.7 Å². The second-order valence-corrected chi connectivity index (χ2v) is 8.58. The van der Waals surface area contributed by atoms with Gasteiger partial charge in [0.1, 0.15) is 17.7 Å². The molecule has 26 heavy (non-hydrogen) atoms. The van der Waals surface area contributed by atoms with Gasteiger partial charge in [-0.25, -0.2) is 22.0 Å². The maximum Gasteiger partial charge on any atom is 0.407 e. The minimum Gasteiger partial charge on any atom is -0.444 e. The van der Waals surface area contributed by atoms with Crippen molar-refractivity contribution in [1.82, 2.24) is 9.62 Å². The number of amides is 1. The fraction of sp³-hybridized carbons (Fsp3) is 0.588. The molecule has 9 heteroatoms. The van der Waals surface area contributed by atoms with Crippen molar-refractivity contribution in [1.29, 1.82) is 0 Å². The van der Waals surface area contributed by atoms with Crippen LogP contribution < -0.4 is 5.32 Å². The summed E-state index contributed by atoms with van der Waals surface area (Å²) in [5, 5.41) is 2.48. The van der Waals surface area contributed by atoms with E-state index in [0.29, 0.717) is 6.42 Å². The number of hydrogen-bond acceptors (Lipinski definition) is 4. The number of carbonyl (C=O) groups is 1. The Bertz CT molecular complexity index is 785. The van der Waals surface area contributed by atoms with Crippen LogP contribution in [0.5, 0.6) is 0 Å². The molecule has 1 aromatic carbocycles. The topological polar surface area (TPSA) is 75.7 Å². The highest BCUT2D eigenvalue weighted by Gasteiger charge is 2.31. The van der Waals surface area contributed by atoms with Gasteiger partial charge in [-0.2, -0.15) is 4.31 Å². The third-order valence-corrected chi connectivity index (χ3v) is 6.10. The monoisotopic (exact) mass is 390 g/mol. The van der Waals surface area contributed by atoms with Gasteiger partial charge in [0.15, 0.2) is 0 Å². The van der Waals surface area contributed by atoms with E-state index in [9.17, 15) is 22.0 Å². The Kier molecular flexibility index (Phi) is 6.23. The molecule has 0 radical (unpaired) electrons. The van der Waals surface area contributed by atoms with Crippen LogP contribution in [0.15, 0.2) is 12.1 Å². The van der Waals surface area contributed by atoms with Crippen molar-refractivity contribution in [3.63, 3.8) is 0 Å². The number of cyclic esters (lactones) is 1. The normalized spacial score (nSPS) is 20.0. The van der Waals surface area contributed by atoms with Crippen molar-refractivity contribution in [2.45, 2.75) is 51.8 Å². The molecule has 6 nitrogen and oxygen atoms in total. The number of carbonyl (C=O) groups excluding carboxylic acids is 1. The SMILES string of the molecule is CC[C@H](C)N(Cc1cc(F)c(C(C)C2CNC(=O)O2)cc1F)S(C)(=O)=O. The molecule has 0 saturated carbocycles. The summed E-state index contributed by atoms with van der Waals surface area (Å²) in [6, 6.07) is 1.74. The number of sulfonamides is 1. The van der Waals surface area contributed by atoms with Crippen molar-refractivity contribution in [2.75, 3.05) is 12.8 Å². The van der Waals surface area contributed by atoms with E-state index in [4.69, 9.17) is 4.74 Å². The summed E-state index contributed by atoms with van der Waals surface area (Å²) in [4.78, 5) is 11.1. The highest BCUT2D eigenvalue weighted by molar-refractivity contribution is 7.88. The smallest absolute Gasteiger partial charge is 0.407 e. The van der Waals surface area contributed by atoms with Crippen molar-refractivity contribution in [2.24, 2.45) is 0 Å². The molecule has 146 valence electrons. The molecule has 1 aliphatic rings. The van der Waals surface area contributed by atoms with Gasteiger partial charge in [0.25, 0.3) is 0 Å². The summed E-state index contributed by atoms with van der Waals surface area (Å²) in [5.41, 5.74) is 0.0490. The summed E-state index contributed by atoms with van der Waals surface area (Å²) in [6.45, 7) is 5.16. The molecule has 3 atom stereocenters. The van der Waals surface area contributed by atoms with Crippen LogP contribution in [-0.2, 0) is 21.3 Å². The molecule has 1 fully saturated rings. The number of hydrogen-bond donors (Lipinski definition) is 1. The predicted octanol–water partition coefficient (Wildman–Crippen LogP) is 2.74. The van der Waals surface area contributed by atoms with Crippen LogP contribution in [0.4, 0.5) is 13.6 Å². The van der Waals surface area contributed by atoms with Crippen LogP contribution in [-0.4, -0.2) is 43.8 Å². The number of ether oxygens (including phenoxy) is 1. The van der Waals surface area contributed by atoms with Crippen molar-refractivity contribution in [3.05, 3.63) is 34.9 Å². The average Bonchev–Trinajstić information content (AvgIpc) is 2.99. The second kappa shape index (κ2) is 7.87. The maximum absolute atomic E-state index is 14.6. The molecule has 1 aliphatic heterocycles. The average molecular weight is 390 g/mol. The standard InChI is InChI=1S/C17H24F2N2O4S/c1-5-10(2)21(26(4,23)24)9-12-6-15(19)13(7-14(12)18)11(3)16-8-20-17(22)25-16/h6-7,10-11,16H,5,8-9H2,1-4H3,(H,20,22)/t10-,11?,16?/m0/s1. The molecular formula is C17H24F2N2O4S. The van der Waals surface area contributed by atoms with Gasteiger partial charge in [0.05, 0.1) is 12.8 Å². The predicted molar refractivity (Wildman–Crippen MR) is 93.2 cm³/mol. The van der Waals surface area contributed by atoms with Crippen LogP contribution in [0.2, 0.25) is 0 Å². The Hall–Kier alpha value is -1.74. The Labute approximate surface area is 152 Å². The molecule has 2 unspecified atom stereocenters. The van der Waals surface area contributed by atoms with Crippen LogP contribution in [0.3, 0.4) is 0 Å². The van der Waals surface area contributed by atoms with Gasteiger partial charge >= 0.3 is 6.09 Å². The van der Waals surface area contributed by atoms with Crippen molar-refractivity contribution >= 4 is 16.1 Å². The lowest BCUT2D eigenvalue weighted by atomic mass is 9.93. The number of nitrogens with one attached hydrogen (secondary N) is 1. The zero-order valence-electron chi connectivity index (χ0n) is 15.3. The van der Waals surface area contributed by atoms with Gasteiger partial charge in [-0.05, 0) is 31.0 Å². The van der Waals surface area contributed by atoms with E-state index in [-0.39, 0.29) is 30.3 Å². The molecule has 0 aliphatic carbocycles. The lowest BCUT2D eigenvalue weighted by Crippen LogP contribution is -2.37. The summed E-state index contributed by atoms with van der Waals surface area (Å²) in [7, 11) is -3.57.